The molecule has 0 atom stereocenters. The summed E-state index contributed by atoms with van der Waals surface area (Å²) in [6.45, 7) is 1.41. The number of nitrogens with zero attached hydrogens (tertiary/aromatic N) is 5. The maximum absolute atomic E-state index is 11.7. The predicted octanol–water partition coefficient (Wildman–Crippen LogP) is 4.56. The van der Waals surface area contributed by atoms with Gasteiger partial charge in [-0.2, -0.15) is 10.2 Å². The average molecular weight is 529 g/mol. The summed E-state index contributed by atoms with van der Waals surface area (Å²) in [6.07, 6.45) is 6.30. The molecule has 0 unspecified atom stereocenters. The minimum atomic E-state index is -0.264. The molecule has 10 nitrogen and oxygen atoms in total. The Labute approximate surface area is 218 Å². The molecular formula is C24H26Cl2N8O2. The topological polar surface area (TPSA) is 144 Å². The van der Waals surface area contributed by atoms with Crippen LogP contribution in [0.4, 0.5) is 17.6 Å². The lowest BCUT2D eigenvalue weighted by atomic mass is 9.85. The summed E-state index contributed by atoms with van der Waals surface area (Å²) in [6, 6.07) is 5.53. The lowest BCUT2D eigenvalue weighted by Crippen LogP contribution is -2.29. The third-order valence-electron chi connectivity index (χ3n) is 6.90. The van der Waals surface area contributed by atoms with Crippen LogP contribution in [0.3, 0.4) is 0 Å². The Bertz CT molecular complexity index is 1320. The zero-order chi connectivity index (χ0) is 25.2. The number of halogens is 2. The number of nitriles is 1. The van der Waals surface area contributed by atoms with E-state index < -0.39 is 0 Å². The number of benzene rings is 1. The van der Waals surface area contributed by atoms with Crippen molar-refractivity contribution >= 4 is 57.9 Å². The Morgan fingerprint density at radius 2 is 1.89 bits per heavy atom. The minimum Gasteiger partial charge on any atom is -0.381 e. The van der Waals surface area contributed by atoms with Gasteiger partial charge >= 0.3 is 0 Å². The Hall–Kier alpha value is -3.13. The first-order valence-corrected chi connectivity index (χ1v) is 12.7. The van der Waals surface area contributed by atoms with Crippen LogP contribution < -0.4 is 16.4 Å². The number of imidazole rings is 1. The van der Waals surface area contributed by atoms with Crippen LogP contribution in [0.1, 0.15) is 50.1 Å². The third-order valence-corrected chi connectivity index (χ3v) is 7.61. The molecule has 2 aromatic heterocycles. The van der Waals surface area contributed by atoms with Crippen molar-refractivity contribution in [2.75, 3.05) is 23.8 Å². The molecule has 3 heterocycles. The number of amides is 1. The van der Waals surface area contributed by atoms with Crippen LogP contribution in [0.15, 0.2) is 18.3 Å². The number of carbonyl (C=O) groups is 1. The summed E-state index contributed by atoms with van der Waals surface area (Å²) in [7, 11) is 0. The normalized spacial score (nSPS) is 20.7. The van der Waals surface area contributed by atoms with E-state index in [1.807, 2.05) is 4.57 Å². The Morgan fingerprint density at radius 3 is 2.58 bits per heavy atom. The van der Waals surface area contributed by atoms with Crippen molar-refractivity contribution in [2.24, 2.45) is 11.7 Å². The van der Waals surface area contributed by atoms with E-state index in [0.29, 0.717) is 65.4 Å². The van der Waals surface area contributed by atoms with Crippen LogP contribution in [0.25, 0.3) is 11.2 Å². The molecule has 2 fully saturated rings. The minimum absolute atomic E-state index is 0.0237. The first kappa shape index (κ1) is 24.6. The molecule has 1 saturated heterocycles. The Morgan fingerprint density at radius 1 is 1.14 bits per heavy atom. The first-order chi connectivity index (χ1) is 17.4. The van der Waals surface area contributed by atoms with E-state index in [4.69, 9.17) is 43.6 Å². The summed E-state index contributed by atoms with van der Waals surface area (Å²) < 4.78 is 7.47. The maximum atomic E-state index is 11.7. The zero-order valence-corrected chi connectivity index (χ0v) is 21.0. The summed E-state index contributed by atoms with van der Waals surface area (Å²) in [5, 5.41) is 16.7. The molecular weight excluding hydrogens is 503 g/mol. The number of ether oxygens (including phenoxy) is 1. The average Bonchev–Trinajstić information content (AvgIpc) is 3.24. The molecule has 1 aromatic carbocycles. The van der Waals surface area contributed by atoms with E-state index >= 15 is 0 Å². The van der Waals surface area contributed by atoms with Crippen LogP contribution in [0.5, 0.6) is 0 Å². The summed E-state index contributed by atoms with van der Waals surface area (Å²) in [4.78, 5) is 25.8. The second kappa shape index (κ2) is 10.5. The van der Waals surface area contributed by atoms with Gasteiger partial charge in [0.15, 0.2) is 5.65 Å². The summed E-state index contributed by atoms with van der Waals surface area (Å²) in [5.41, 5.74) is 7.53. The molecule has 3 aromatic rings. The highest BCUT2D eigenvalue weighted by molar-refractivity contribution is 6.40. The second-order valence-electron chi connectivity index (χ2n) is 9.17. The number of fused-ring (bicyclic) bond motifs is 1. The highest BCUT2D eigenvalue weighted by Gasteiger charge is 2.30. The fourth-order valence-electron chi connectivity index (χ4n) is 4.90. The van der Waals surface area contributed by atoms with E-state index in [1.54, 1.807) is 18.3 Å². The highest BCUT2D eigenvalue weighted by Crippen LogP contribution is 2.40. The van der Waals surface area contributed by atoms with Gasteiger partial charge in [0, 0.05) is 31.2 Å². The van der Waals surface area contributed by atoms with E-state index in [-0.39, 0.29) is 28.9 Å². The quantitative estimate of drug-likeness (QED) is 0.422. The van der Waals surface area contributed by atoms with Gasteiger partial charge in [-0.1, -0.05) is 23.2 Å². The van der Waals surface area contributed by atoms with Gasteiger partial charge in [0.1, 0.15) is 11.6 Å². The summed E-state index contributed by atoms with van der Waals surface area (Å²) in [5.74, 6) is 0.614. The zero-order valence-electron chi connectivity index (χ0n) is 19.5. The predicted molar refractivity (Wildman–Crippen MR) is 137 cm³/mol. The van der Waals surface area contributed by atoms with Crippen molar-refractivity contribution in [3.05, 3.63) is 33.9 Å². The number of aromatic nitrogens is 4. The molecule has 0 spiro atoms. The van der Waals surface area contributed by atoms with Crippen LogP contribution in [0, 0.1) is 17.2 Å². The first-order valence-electron chi connectivity index (χ1n) is 12.0. The van der Waals surface area contributed by atoms with Gasteiger partial charge in [-0.25, -0.2) is 9.97 Å². The van der Waals surface area contributed by atoms with Crippen LogP contribution >= 0.6 is 23.2 Å². The van der Waals surface area contributed by atoms with Crippen LogP contribution in [-0.4, -0.2) is 44.7 Å². The van der Waals surface area contributed by atoms with Crippen molar-refractivity contribution < 1.29 is 9.53 Å². The SMILES string of the molecule is N#Cc1ccc(Cl)c(Nc2nc3cnc(NC4CCOCC4)nc3n2[C@H]2CC[C@@H](C(N)=O)CC2)c1Cl. The lowest BCUT2D eigenvalue weighted by molar-refractivity contribution is -0.122. The lowest BCUT2D eigenvalue weighted by Gasteiger charge is -2.29. The molecule has 12 heteroatoms. The smallest absolute Gasteiger partial charge is 0.224 e. The number of nitrogens with two attached hydrogens (primary N) is 1. The molecule has 1 aliphatic carbocycles. The number of primary amides is 1. The molecule has 1 aliphatic heterocycles. The van der Waals surface area contributed by atoms with Crippen LogP contribution in [-0.2, 0) is 9.53 Å². The fraction of sp³-hybridized carbons (Fsp3) is 0.458. The van der Waals surface area contributed by atoms with Gasteiger partial charge in [0.2, 0.25) is 17.8 Å². The standard InChI is InChI=1S/C24H26Cl2N8O2/c25-17-6-3-14(11-27)19(26)20(17)32-24-31-18-12-29-23(30-15-7-9-36-10-8-15)33-22(18)34(24)16-4-1-13(2-5-16)21(28)35/h3,6,12-13,15-16H,1-2,4-5,7-10H2,(H2,28,35)(H,31,32)(H,29,30,33)/t13-,16+. The monoisotopic (exact) mass is 528 g/mol. The van der Waals surface area contributed by atoms with E-state index in [2.05, 4.69) is 21.7 Å². The number of hydrogen-bond donors (Lipinski definition) is 3. The molecule has 1 amide bonds. The Balaban J connectivity index is 1.54. The van der Waals surface area contributed by atoms with Crippen molar-refractivity contribution in [3.63, 3.8) is 0 Å². The molecule has 36 heavy (non-hydrogen) atoms. The summed E-state index contributed by atoms with van der Waals surface area (Å²) >= 11 is 12.9. The van der Waals surface area contributed by atoms with E-state index in [9.17, 15) is 10.1 Å². The van der Waals surface area contributed by atoms with Gasteiger partial charge < -0.3 is 21.1 Å². The molecule has 4 N–H and O–H groups in total. The Kier molecular flexibility index (Phi) is 7.14. The fourth-order valence-corrected chi connectivity index (χ4v) is 5.41. The van der Waals surface area contributed by atoms with Gasteiger partial charge in [-0.15, -0.1) is 0 Å². The molecule has 0 radical (unpaired) electrons. The van der Waals surface area contributed by atoms with Crippen molar-refractivity contribution in [1.82, 2.24) is 19.5 Å². The molecule has 0 bridgehead atoms. The highest BCUT2D eigenvalue weighted by atomic mass is 35.5. The van der Waals surface area contributed by atoms with Gasteiger partial charge in [-0.05, 0) is 50.7 Å². The second-order valence-corrected chi connectivity index (χ2v) is 9.95. The molecule has 1 saturated carbocycles. The van der Waals surface area contributed by atoms with Gasteiger partial charge in [-0.3, -0.25) is 9.36 Å². The number of hydrogen-bond acceptors (Lipinski definition) is 8. The molecule has 5 rings (SSSR count). The van der Waals surface area contributed by atoms with Crippen molar-refractivity contribution in [1.29, 1.82) is 5.26 Å². The molecule has 2 aliphatic rings. The number of nitrogens with one attached hydrogen (secondary N) is 2. The van der Waals surface area contributed by atoms with E-state index in [1.165, 1.54) is 0 Å². The molecule has 188 valence electrons. The largest absolute Gasteiger partial charge is 0.381 e. The van der Waals surface area contributed by atoms with Gasteiger partial charge in [0.25, 0.3) is 0 Å². The van der Waals surface area contributed by atoms with Gasteiger partial charge in [0.05, 0.1) is 27.5 Å². The van der Waals surface area contributed by atoms with E-state index in [0.717, 1.165) is 25.7 Å². The van der Waals surface area contributed by atoms with Crippen molar-refractivity contribution in [3.8, 4) is 6.07 Å². The van der Waals surface area contributed by atoms with Crippen molar-refractivity contribution in [2.45, 2.75) is 50.6 Å². The maximum Gasteiger partial charge on any atom is 0.224 e. The third kappa shape index (κ3) is 4.91. The number of anilines is 3. The van der Waals surface area contributed by atoms with Crippen LogP contribution in [0.2, 0.25) is 10.0 Å². The number of carbonyl (C=O) groups excluding carboxylic acids is 1. The number of rotatable bonds is 6.